The normalized spacial score (nSPS) is 10.0. The average molecular weight is 254 g/mol. The van der Waals surface area contributed by atoms with Crippen molar-refractivity contribution in [3.05, 3.63) is 23.8 Å². The Hall–Kier alpha value is -2.24. The van der Waals surface area contributed by atoms with Crippen LogP contribution in [0.3, 0.4) is 0 Å². The number of phenols is 1. The van der Waals surface area contributed by atoms with Gasteiger partial charge < -0.3 is 19.3 Å². The van der Waals surface area contributed by atoms with Crippen LogP contribution in [0, 0.1) is 0 Å². The Morgan fingerprint density at radius 3 is 2.17 bits per heavy atom. The predicted molar refractivity (Wildman–Crippen MR) is 60.9 cm³/mol. The standard InChI is InChI=1S/C12H14O6/c1-7(13)17-12(18-8(2)14)9-4-5-10(15)11(6-9)16-3/h4-6,12,15H,1-3H3. The highest BCUT2D eigenvalue weighted by atomic mass is 16.7. The van der Waals surface area contributed by atoms with E-state index in [1.165, 1.54) is 39.2 Å². The minimum Gasteiger partial charge on any atom is -0.504 e. The maximum Gasteiger partial charge on any atom is 0.305 e. The summed E-state index contributed by atoms with van der Waals surface area (Å²) in [6.07, 6.45) is -1.16. The van der Waals surface area contributed by atoms with Crippen LogP contribution in [-0.4, -0.2) is 24.2 Å². The smallest absolute Gasteiger partial charge is 0.305 e. The summed E-state index contributed by atoms with van der Waals surface area (Å²) in [7, 11) is 1.38. The quantitative estimate of drug-likeness (QED) is 0.648. The van der Waals surface area contributed by atoms with E-state index in [0.717, 1.165) is 0 Å². The van der Waals surface area contributed by atoms with Crippen LogP contribution < -0.4 is 4.74 Å². The lowest BCUT2D eigenvalue weighted by molar-refractivity contribution is -0.186. The second-order valence-corrected chi connectivity index (χ2v) is 3.48. The number of phenolic OH excluding ortho intramolecular Hbond substituents is 1. The Kier molecular flexibility index (Phi) is 4.53. The van der Waals surface area contributed by atoms with Gasteiger partial charge in [0.1, 0.15) is 0 Å². The minimum atomic E-state index is -1.16. The molecular weight excluding hydrogens is 240 g/mol. The molecule has 0 aromatic heterocycles. The molecule has 0 amide bonds. The van der Waals surface area contributed by atoms with Gasteiger partial charge in [0.15, 0.2) is 11.5 Å². The number of hydrogen-bond acceptors (Lipinski definition) is 6. The van der Waals surface area contributed by atoms with Gasteiger partial charge in [0.05, 0.1) is 7.11 Å². The second-order valence-electron chi connectivity index (χ2n) is 3.48. The van der Waals surface area contributed by atoms with Crippen molar-refractivity contribution in [2.45, 2.75) is 20.1 Å². The summed E-state index contributed by atoms with van der Waals surface area (Å²) in [6, 6.07) is 4.24. The third-order valence-corrected chi connectivity index (χ3v) is 2.02. The summed E-state index contributed by atoms with van der Waals surface area (Å²) in [5, 5.41) is 9.44. The summed E-state index contributed by atoms with van der Waals surface area (Å²) in [5.41, 5.74) is 0.384. The topological polar surface area (TPSA) is 82.1 Å². The molecule has 1 aromatic carbocycles. The molecule has 6 heteroatoms. The van der Waals surface area contributed by atoms with E-state index in [1.54, 1.807) is 0 Å². The number of benzene rings is 1. The zero-order chi connectivity index (χ0) is 13.7. The fourth-order valence-corrected chi connectivity index (χ4v) is 1.30. The SMILES string of the molecule is COc1cc(C(OC(C)=O)OC(C)=O)ccc1O. The summed E-state index contributed by atoms with van der Waals surface area (Å²) in [4.78, 5) is 21.9. The molecule has 0 aliphatic heterocycles. The summed E-state index contributed by atoms with van der Waals surface area (Å²) in [6.45, 7) is 2.41. The molecule has 1 N–H and O–H groups in total. The van der Waals surface area contributed by atoms with E-state index >= 15 is 0 Å². The van der Waals surface area contributed by atoms with Gasteiger partial charge in [-0.05, 0) is 18.2 Å². The lowest BCUT2D eigenvalue weighted by atomic mass is 10.2. The van der Waals surface area contributed by atoms with Crippen LogP contribution in [0.5, 0.6) is 11.5 Å². The van der Waals surface area contributed by atoms with E-state index in [1.807, 2.05) is 0 Å². The van der Waals surface area contributed by atoms with Crippen LogP contribution in [0.1, 0.15) is 25.7 Å². The molecule has 0 heterocycles. The van der Waals surface area contributed by atoms with Crippen molar-refractivity contribution in [1.29, 1.82) is 0 Å². The Morgan fingerprint density at radius 2 is 1.72 bits per heavy atom. The molecule has 0 aliphatic carbocycles. The Balaban J connectivity index is 3.03. The van der Waals surface area contributed by atoms with Gasteiger partial charge in [-0.1, -0.05) is 0 Å². The van der Waals surface area contributed by atoms with Crippen LogP contribution in [0.15, 0.2) is 18.2 Å². The zero-order valence-electron chi connectivity index (χ0n) is 10.3. The molecular formula is C12H14O6. The minimum absolute atomic E-state index is 0.0642. The number of hydrogen-bond donors (Lipinski definition) is 1. The van der Waals surface area contributed by atoms with Crippen LogP contribution in [0.2, 0.25) is 0 Å². The van der Waals surface area contributed by atoms with Crippen molar-refractivity contribution in [1.82, 2.24) is 0 Å². The number of ether oxygens (including phenoxy) is 3. The largest absolute Gasteiger partial charge is 0.504 e. The van der Waals surface area contributed by atoms with Crippen molar-refractivity contribution in [2.75, 3.05) is 7.11 Å². The first-order valence-electron chi connectivity index (χ1n) is 5.15. The van der Waals surface area contributed by atoms with E-state index in [-0.39, 0.29) is 11.5 Å². The molecule has 0 bridgehead atoms. The van der Waals surface area contributed by atoms with Gasteiger partial charge in [0.25, 0.3) is 6.29 Å². The monoisotopic (exact) mass is 254 g/mol. The van der Waals surface area contributed by atoms with Crippen LogP contribution in [-0.2, 0) is 19.1 Å². The number of carbonyl (C=O) groups is 2. The van der Waals surface area contributed by atoms with Gasteiger partial charge in [-0.25, -0.2) is 0 Å². The maximum absolute atomic E-state index is 10.9. The highest BCUT2D eigenvalue weighted by molar-refractivity contribution is 5.68. The molecule has 1 aromatic rings. The maximum atomic E-state index is 10.9. The number of aromatic hydroxyl groups is 1. The van der Waals surface area contributed by atoms with Crippen LogP contribution in [0.25, 0.3) is 0 Å². The van der Waals surface area contributed by atoms with Gasteiger partial charge in [0.2, 0.25) is 0 Å². The lowest BCUT2D eigenvalue weighted by Crippen LogP contribution is -2.15. The van der Waals surface area contributed by atoms with Gasteiger partial charge in [-0.2, -0.15) is 0 Å². The lowest BCUT2D eigenvalue weighted by Gasteiger charge is -2.17. The van der Waals surface area contributed by atoms with Gasteiger partial charge in [-0.15, -0.1) is 0 Å². The van der Waals surface area contributed by atoms with Crippen LogP contribution >= 0.6 is 0 Å². The highest BCUT2D eigenvalue weighted by Crippen LogP contribution is 2.30. The highest BCUT2D eigenvalue weighted by Gasteiger charge is 2.19. The van der Waals surface area contributed by atoms with Crippen LogP contribution in [0.4, 0.5) is 0 Å². The Bertz CT molecular complexity index is 438. The first kappa shape index (κ1) is 13.8. The second kappa shape index (κ2) is 5.90. The molecule has 0 aliphatic rings. The van der Waals surface area contributed by atoms with E-state index < -0.39 is 18.2 Å². The molecule has 0 fully saturated rings. The third-order valence-electron chi connectivity index (χ3n) is 2.02. The first-order valence-corrected chi connectivity index (χ1v) is 5.15. The Labute approximate surface area is 104 Å². The van der Waals surface area contributed by atoms with E-state index in [4.69, 9.17) is 14.2 Å². The zero-order valence-corrected chi connectivity index (χ0v) is 10.3. The number of carbonyl (C=O) groups excluding carboxylic acids is 2. The number of rotatable bonds is 4. The molecule has 0 atom stereocenters. The molecule has 1 rings (SSSR count). The fraction of sp³-hybridized carbons (Fsp3) is 0.333. The average Bonchev–Trinajstić information content (AvgIpc) is 2.27. The molecule has 0 radical (unpaired) electrons. The molecule has 18 heavy (non-hydrogen) atoms. The van der Waals surface area contributed by atoms with Crippen molar-refractivity contribution < 1.29 is 28.9 Å². The van der Waals surface area contributed by atoms with Crippen molar-refractivity contribution in [2.24, 2.45) is 0 Å². The molecule has 0 saturated carbocycles. The molecule has 0 spiro atoms. The van der Waals surface area contributed by atoms with Gasteiger partial charge >= 0.3 is 11.9 Å². The summed E-state index contributed by atoms with van der Waals surface area (Å²) < 4.78 is 14.6. The van der Waals surface area contributed by atoms with Gasteiger partial charge in [0, 0.05) is 19.4 Å². The first-order chi connectivity index (χ1) is 8.43. The number of methoxy groups -OCH3 is 1. The van der Waals surface area contributed by atoms with E-state index in [2.05, 4.69) is 0 Å². The fourth-order valence-electron chi connectivity index (χ4n) is 1.30. The van der Waals surface area contributed by atoms with E-state index in [0.29, 0.717) is 5.56 Å². The van der Waals surface area contributed by atoms with Crippen molar-refractivity contribution in [3.63, 3.8) is 0 Å². The predicted octanol–water partition coefficient (Wildman–Crippen LogP) is 1.53. The molecule has 0 unspecified atom stereocenters. The summed E-state index contributed by atoms with van der Waals surface area (Å²) >= 11 is 0. The molecule has 98 valence electrons. The van der Waals surface area contributed by atoms with Gasteiger partial charge in [-0.3, -0.25) is 9.59 Å². The van der Waals surface area contributed by atoms with E-state index in [9.17, 15) is 14.7 Å². The summed E-state index contributed by atoms with van der Waals surface area (Å²) in [5.74, 6) is -1.05. The van der Waals surface area contributed by atoms with Crippen molar-refractivity contribution >= 4 is 11.9 Å². The third kappa shape index (κ3) is 3.65. The Morgan fingerprint density at radius 1 is 1.17 bits per heavy atom. The van der Waals surface area contributed by atoms with Crippen molar-refractivity contribution in [3.8, 4) is 11.5 Å². The number of esters is 2. The molecule has 0 saturated heterocycles. The molecule has 6 nitrogen and oxygen atoms in total.